The molecule has 2 aliphatic carbocycles. The number of aliphatic imine (C=N–C) groups is 1. The van der Waals surface area contributed by atoms with Crippen molar-refractivity contribution in [2.75, 3.05) is 39.5 Å². The molecule has 0 radical (unpaired) electrons. The Kier molecular flexibility index (Phi) is 4.98. The predicted octanol–water partition coefficient (Wildman–Crippen LogP) is 2.80. The van der Waals surface area contributed by atoms with Crippen molar-refractivity contribution in [3.63, 3.8) is 0 Å². The van der Waals surface area contributed by atoms with Crippen LogP contribution in [-0.4, -0.2) is 62.5 Å². The highest BCUT2D eigenvalue weighted by Gasteiger charge is 2.57. The van der Waals surface area contributed by atoms with Crippen molar-refractivity contribution < 1.29 is 9.47 Å². The first kappa shape index (κ1) is 17.6. The average molecular weight is 350 g/mol. The molecule has 2 aliphatic heterocycles. The molecule has 5 nitrogen and oxygen atoms in total. The van der Waals surface area contributed by atoms with E-state index < -0.39 is 0 Å². The smallest absolute Gasteiger partial charge is 0.194 e. The maximum atomic E-state index is 6.08. The van der Waals surface area contributed by atoms with E-state index in [4.69, 9.17) is 14.5 Å². The lowest BCUT2D eigenvalue weighted by Crippen LogP contribution is -2.65. The normalized spacial score (nSPS) is 37.2. The van der Waals surface area contributed by atoms with Crippen molar-refractivity contribution in [2.24, 2.45) is 15.8 Å². The fourth-order valence-electron chi connectivity index (χ4n) is 5.72. The van der Waals surface area contributed by atoms with Crippen LogP contribution in [0.5, 0.6) is 0 Å². The van der Waals surface area contributed by atoms with Crippen molar-refractivity contribution >= 4 is 5.96 Å². The van der Waals surface area contributed by atoms with Gasteiger partial charge < -0.3 is 19.7 Å². The van der Waals surface area contributed by atoms with Gasteiger partial charge in [-0.15, -0.1) is 0 Å². The van der Waals surface area contributed by atoms with Crippen molar-refractivity contribution in [2.45, 2.75) is 70.9 Å². The number of likely N-dealkylation sites (tertiary alicyclic amines) is 1. The molecule has 0 amide bonds. The second kappa shape index (κ2) is 7.07. The number of nitrogens with one attached hydrogen (secondary N) is 1. The van der Waals surface area contributed by atoms with E-state index in [1.807, 2.05) is 0 Å². The van der Waals surface area contributed by atoms with Crippen LogP contribution in [0, 0.1) is 10.8 Å². The zero-order valence-corrected chi connectivity index (χ0v) is 16.1. The van der Waals surface area contributed by atoms with E-state index in [1.165, 1.54) is 38.5 Å². The Labute approximate surface area is 152 Å². The molecule has 25 heavy (non-hydrogen) atoms. The second-order valence-corrected chi connectivity index (χ2v) is 8.59. The third-order valence-electron chi connectivity index (χ3n) is 7.22. The molecule has 2 spiro atoms. The summed E-state index contributed by atoms with van der Waals surface area (Å²) in [5.74, 6) is 1.14. The Balaban J connectivity index is 1.43. The Morgan fingerprint density at radius 3 is 2.76 bits per heavy atom. The van der Waals surface area contributed by atoms with Crippen LogP contribution in [-0.2, 0) is 9.47 Å². The highest BCUT2D eigenvalue weighted by molar-refractivity contribution is 5.81. The topological polar surface area (TPSA) is 46.1 Å². The largest absolute Gasteiger partial charge is 0.381 e. The van der Waals surface area contributed by atoms with Gasteiger partial charge in [-0.05, 0) is 46.0 Å². The fraction of sp³-hybridized carbons (Fsp3) is 0.950. The van der Waals surface area contributed by atoms with Gasteiger partial charge in [0.25, 0.3) is 0 Å². The van der Waals surface area contributed by atoms with Crippen molar-refractivity contribution in [3.8, 4) is 0 Å². The number of hydrogen-bond acceptors (Lipinski definition) is 3. The maximum absolute atomic E-state index is 6.08. The van der Waals surface area contributed by atoms with Gasteiger partial charge in [0.05, 0.1) is 12.7 Å². The highest BCUT2D eigenvalue weighted by Crippen LogP contribution is 2.54. The molecule has 2 saturated heterocycles. The summed E-state index contributed by atoms with van der Waals surface area (Å²) in [7, 11) is 0. The van der Waals surface area contributed by atoms with Gasteiger partial charge in [-0.3, -0.25) is 4.99 Å². The van der Waals surface area contributed by atoms with Gasteiger partial charge in [0.2, 0.25) is 0 Å². The Morgan fingerprint density at radius 1 is 1.24 bits per heavy atom. The molecule has 2 heterocycles. The molecule has 5 heteroatoms. The standard InChI is InChI=1S/C20H35N3O2/c1-3-21-18(23-11-9-19(14-23)10-12-24-15-19)22-16-13-17(25-4-2)20(16)7-5-6-8-20/h16-17H,3-15H2,1-2H3,(H,21,22). The van der Waals surface area contributed by atoms with Crippen LogP contribution in [0.2, 0.25) is 0 Å². The molecule has 142 valence electrons. The molecule has 4 fully saturated rings. The quantitative estimate of drug-likeness (QED) is 0.626. The molecule has 0 aromatic rings. The van der Waals surface area contributed by atoms with E-state index in [2.05, 4.69) is 24.1 Å². The molecule has 4 rings (SSSR count). The van der Waals surface area contributed by atoms with Gasteiger partial charge in [0, 0.05) is 49.7 Å². The van der Waals surface area contributed by atoms with E-state index in [0.717, 1.165) is 51.8 Å². The summed E-state index contributed by atoms with van der Waals surface area (Å²) in [5, 5.41) is 3.88. The van der Waals surface area contributed by atoms with Crippen LogP contribution >= 0.6 is 0 Å². The van der Waals surface area contributed by atoms with Gasteiger partial charge >= 0.3 is 0 Å². The van der Waals surface area contributed by atoms with Crippen LogP contribution in [0.3, 0.4) is 0 Å². The van der Waals surface area contributed by atoms with Crippen LogP contribution in [0.15, 0.2) is 4.99 Å². The Hall–Kier alpha value is -0.810. The summed E-state index contributed by atoms with van der Waals surface area (Å²) in [6.45, 7) is 10.0. The molecule has 0 aromatic heterocycles. The van der Waals surface area contributed by atoms with Crippen molar-refractivity contribution in [1.29, 1.82) is 0 Å². The first-order valence-electron chi connectivity index (χ1n) is 10.5. The Bertz CT molecular complexity index is 495. The molecule has 3 unspecified atom stereocenters. The third-order valence-corrected chi connectivity index (χ3v) is 7.22. The molecule has 2 saturated carbocycles. The summed E-state index contributed by atoms with van der Waals surface area (Å²) in [4.78, 5) is 7.35. The van der Waals surface area contributed by atoms with Gasteiger partial charge in [-0.2, -0.15) is 0 Å². The molecule has 1 N–H and O–H groups in total. The number of ether oxygens (including phenoxy) is 2. The summed E-state index contributed by atoms with van der Waals surface area (Å²) in [6.07, 6.45) is 9.38. The van der Waals surface area contributed by atoms with Crippen molar-refractivity contribution in [1.82, 2.24) is 10.2 Å². The highest BCUT2D eigenvalue weighted by atomic mass is 16.5. The zero-order valence-electron chi connectivity index (χ0n) is 16.1. The first-order valence-corrected chi connectivity index (χ1v) is 10.5. The van der Waals surface area contributed by atoms with E-state index in [1.54, 1.807) is 0 Å². The van der Waals surface area contributed by atoms with Gasteiger partial charge in [0.15, 0.2) is 5.96 Å². The van der Waals surface area contributed by atoms with Gasteiger partial charge in [0.1, 0.15) is 0 Å². The van der Waals surface area contributed by atoms with Gasteiger partial charge in [-0.25, -0.2) is 0 Å². The second-order valence-electron chi connectivity index (χ2n) is 8.59. The molecular formula is C20H35N3O2. The number of nitrogens with zero attached hydrogens (tertiary/aromatic N) is 2. The summed E-state index contributed by atoms with van der Waals surface area (Å²) < 4.78 is 11.8. The molecular weight excluding hydrogens is 314 g/mol. The van der Waals surface area contributed by atoms with Crippen molar-refractivity contribution in [3.05, 3.63) is 0 Å². The van der Waals surface area contributed by atoms with E-state index in [9.17, 15) is 0 Å². The molecule has 0 bridgehead atoms. The summed E-state index contributed by atoms with van der Waals surface area (Å²) >= 11 is 0. The van der Waals surface area contributed by atoms with E-state index >= 15 is 0 Å². The third kappa shape index (κ3) is 3.08. The zero-order chi connectivity index (χ0) is 17.3. The van der Waals surface area contributed by atoms with Crippen LogP contribution in [0.25, 0.3) is 0 Å². The Morgan fingerprint density at radius 2 is 2.08 bits per heavy atom. The lowest BCUT2D eigenvalue weighted by molar-refractivity contribution is -0.126. The molecule has 3 atom stereocenters. The molecule has 0 aromatic carbocycles. The molecule has 4 aliphatic rings. The van der Waals surface area contributed by atoms with E-state index in [-0.39, 0.29) is 0 Å². The summed E-state index contributed by atoms with van der Waals surface area (Å²) in [5.41, 5.74) is 0.743. The summed E-state index contributed by atoms with van der Waals surface area (Å²) in [6, 6.07) is 0.535. The van der Waals surface area contributed by atoms with E-state index in [0.29, 0.717) is 23.0 Å². The number of rotatable bonds is 4. The van der Waals surface area contributed by atoms with Crippen LogP contribution in [0.4, 0.5) is 0 Å². The number of guanidine groups is 1. The number of hydrogen-bond donors (Lipinski definition) is 1. The van der Waals surface area contributed by atoms with Gasteiger partial charge in [-0.1, -0.05) is 12.8 Å². The minimum Gasteiger partial charge on any atom is -0.381 e. The minimum absolute atomic E-state index is 0.360. The predicted molar refractivity (Wildman–Crippen MR) is 99.9 cm³/mol. The lowest BCUT2D eigenvalue weighted by atomic mass is 9.60. The lowest BCUT2D eigenvalue weighted by Gasteiger charge is -2.54. The SMILES string of the molecule is CCN=C(NC1CC(OCC)C12CCCC2)N1CCC2(CCOC2)C1. The minimum atomic E-state index is 0.360. The first-order chi connectivity index (χ1) is 12.2. The maximum Gasteiger partial charge on any atom is 0.194 e. The fourth-order valence-corrected chi connectivity index (χ4v) is 5.72. The monoisotopic (exact) mass is 349 g/mol. The van der Waals surface area contributed by atoms with Crippen LogP contribution in [0.1, 0.15) is 58.8 Å². The average Bonchev–Trinajstić information content (AvgIpc) is 3.36. The van der Waals surface area contributed by atoms with Crippen LogP contribution < -0.4 is 5.32 Å².